The SMILES string of the molecule is CCOC(=O)C(C)CNCCC1CCCC1. The largest absolute Gasteiger partial charge is 0.466 e. The van der Waals surface area contributed by atoms with Crippen LogP contribution >= 0.6 is 0 Å². The van der Waals surface area contributed by atoms with Gasteiger partial charge in [0, 0.05) is 6.54 Å². The summed E-state index contributed by atoms with van der Waals surface area (Å²) in [7, 11) is 0. The van der Waals surface area contributed by atoms with E-state index in [4.69, 9.17) is 4.74 Å². The quantitative estimate of drug-likeness (QED) is 0.536. The Morgan fingerprint density at radius 1 is 1.44 bits per heavy atom. The minimum Gasteiger partial charge on any atom is -0.466 e. The summed E-state index contributed by atoms with van der Waals surface area (Å²) in [4.78, 5) is 11.3. The third-order valence-corrected chi connectivity index (χ3v) is 3.34. The van der Waals surface area contributed by atoms with E-state index in [9.17, 15) is 4.79 Å². The zero-order chi connectivity index (χ0) is 11.8. The van der Waals surface area contributed by atoms with Crippen molar-refractivity contribution in [2.75, 3.05) is 19.7 Å². The zero-order valence-electron chi connectivity index (χ0n) is 10.6. The predicted molar refractivity (Wildman–Crippen MR) is 65.2 cm³/mol. The number of hydrogen-bond donors (Lipinski definition) is 1. The highest BCUT2D eigenvalue weighted by molar-refractivity contribution is 5.72. The molecule has 0 spiro atoms. The second-order valence-electron chi connectivity index (χ2n) is 4.80. The molecule has 0 amide bonds. The van der Waals surface area contributed by atoms with Gasteiger partial charge in [-0.1, -0.05) is 32.6 Å². The van der Waals surface area contributed by atoms with Crippen molar-refractivity contribution in [1.29, 1.82) is 0 Å². The van der Waals surface area contributed by atoms with Gasteiger partial charge in [0.2, 0.25) is 0 Å². The molecule has 1 N–H and O–H groups in total. The molecular weight excluding hydrogens is 202 g/mol. The fraction of sp³-hybridized carbons (Fsp3) is 0.923. The fourth-order valence-electron chi connectivity index (χ4n) is 2.29. The lowest BCUT2D eigenvalue weighted by atomic mass is 10.0. The van der Waals surface area contributed by atoms with Gasteiger partial charge in [-0.25, -0.2) is 0 Å². The van der Waals surface area contributed by atoms with Gasteiger partial charge in [0.05, 0.1) is 12.5 Å². The average molecular weight is 227 g/mol. The highest BCUT2D eigenvalue weighted by Gasteiger charge is 2.15. The first-order chi connectivity index (χ1) is 7.74. The molecule has 0 radical (unpaired) electrons. The van der Waals surface area contributed by atoms with Crippen molar-refractivity contribution in [2.45, 2.75) is 46.0 Å². The molecule has 0 bridgehead atoms. The molecular formula is C13H25NO2. The Hall–Kier alpha value is -0.570. The Balaban J connectivity index is 1.99. The summed E-state index contributed by atoms with van der Waals surface area (Å²) in [5.74, 6) is 0.810. The van der Waals surface area contributed by atoms with Gasteiger partial charge >= 0.3 is 5.97 Å². The molecule has 0 heterocycles. The molecule has 0 aliphatic heterocycles. The smallest absolute Gasteiger partial charge is 0.309 e. The summed E-state index contributed by atoms with van der Waals surface area (Å²) in [6.07, 6.45) is 6.87. The molecule has 3 heteroatoms. The number of nitrogens with one attached hydrogen (secondary N) is 1. The first kappa shape index (κ1) is 13.5. The molecule has 3 nitrogen and oxygen atoms in total. The first-order valence-corrected chi connectivity index (χ1v) is 6.61. The van der Waals surface area contributed by atoms with Crippen LogP contribution in [0.3, 0.4) is 0 Å². The minimum atomic E-state index is -0.0872. The molecule has 1 saturated carbocycles. The van der Waals surface area contributed by atoms with Crippen molar-refractivity contribution in [3.05, 3.63) is 0 Å². The van der Waals surface area contributed by atoms with E-state index in [1.807, 2.05) is 13.8 Å². The normalized spacial score (nSPS) is 18.6. The van der Waals surface area contributed by atoms with Crippen LogP contribution in [0.2, 0.25) is 0 Å². The van der Waals surface area contributed by atoms with Crippen molar-refractivity contribution < 1.29 is 9.53 Å². The predicted octanol–water partition coefficient (Wildman–Crippen LogP) is 2.36. The van der Waals surface area contributed by atoms with E-state index in [0.29, 0.717) is 6.61 Å². The van der Waals surface area contributed by atoms with Crippen molar-refractivity contribution in [3.63, 3.8) is 0 Å². The van der Waals surface area contributed by atoms with Gasteiger partial charge in [0.25, 0.3) is 0 Å². The zero-order valence-corrected chi connectivity index (χ0v) is 10.6. The lowest BCUT2D eigenvalue weighted by Gasteiger charge is -2.13. The van der Waals surface area contributed by atoms with Gasteiger partial charge in [-0.05, 0) is 25.8 Å². The Bertz CT molecular complexity index is 200. The van der Waals surface area contributed by atoms with Gasteiger partial charge in [-0.3, -0.25) is 4.79 Å². The lowest BCUT2D eigenvalue weighted by molar-refractivity contribution is -0.147. The average Bonchev–Trinajstić information content (AvgIpc) is 2.77. The van der Waals surface area contributed by atoms with Crippen LogP contribution in [0.25, 0.3) is 0 Å². The highest BCUT2D eigenvalue weighted by atomic mass is 16.5. The van der Waals surface area contributed by atoms with Crippen LogP contribution in [-0.2, 0) is 9.53 Å². The molecule has 1 atom stereocenters. The monoisotopic (exact) mass is 227 g/mol. The van der Waals surface area contributed by atoms with Gasteiger partial charge in [0.1, 0.15) is 0 Å². The van der Waals surface area contributed by atoms with E-state index >= 15 is 0 Å². The van der Waals surface area contributed by atoms with Crippen LogP contribution in [0.5, 0.6) is 0 Å². The number of ether oxygens (including phenoxy) is 1. The maximum atomic E-state index is 11.3. The molecule has 1 unspecified atom stereocenters. The molecule has 0 saturated heterocycles. The second kappa shape index (κ2) is 7.66. The van der Waals surface area contributed by atoms with Crippen molar-refractivity contribution >= 4 is 5.97 Å². The number of esters is 1. The summed E-state index contributed by atoms with van der Waals surface area (Å²) >= 11 is 0. The molecule has 1 aliphatic rings. The molecule has 1 fully saturated rings. The Kier molecular flexibility index (Phi) is 6.46. The summed E-state index contributed by atoms with van der Waals surface area (Å²) in [5, 5.41) is 3.35. The van der Waals surface area contributed by atoms with Crippen LogP contribution in [-0.4, -0.2) is 25.7 Å². The summed E-state index contributed by atoms with van der Waals surface area (Å²) in [5.41, 5.74) is 0. The van der Waals surface area contributed by atoms with Gasteiger partial charge < -0.3 is 10.1 Å². The van der Waals surface area contributed by atoms with E-state index in [-0.39, 0.29) is 11.9 Å². The molecule has 0 aromatic carbocycles. The number of rotatable bonds is 7. The highest BCUT2D eigenvalue weighted by Crippen LogP contribution is 2.26. The van der Waals surface area contributed by atoms with Crippen LogP contribution in [0, 0.1) is 11.8 Å². The number of hydrogen-bond acceptors (Lipinski definition) is 3. The Morgan fingerprint density at radius 3 is 2.75 bits per heavy atom. The maximum Gasteiger partial charge on any atom is 0.309 e. The number of carbonyl (C=O) groups excluding carboxylic acids is 1. The van der Waals surface area contributed by atoms with Gasteiger partial charge in [-0.2, -0.15) is 0 Å². The molecule has 94 valence electrons. The number of carbonyl (C=O) groups is 1. The molecule has 1 rings (SSSR count). The summed E-state index contributed by atoms with van der Waals surface area (Å²) in [6.45, 7) is 6.02. The van der Waals surface area contributed by atoms with E-state index in [2.05, 4.69) is 5.32 Å². The van der Waals surface area contributed by atoms with Crippen LogP contribution in [0.4, 0.5) is 0 Å². The van der Waals surface area contributed by atoms with Gasteiger partial charge in [-0.15, -0.1) is 0 Å². The van der Waals surface area contributed by atoms with E-state index < -0.39 is 0 Å². The summed E-state index contributed by atoms with van der Waals surface area (Å²) < 4.78 is 4.96. The van der Waals surface area contributed by atoms with Crippen molar-refractivity contribution in [2.24, 2.45) is 11.8 Å². The topological polar surface area (TPSA) is 38.3 Å². The Labute approximate surface area is 98.9 Å². The third kappa shape index (κ3) is 4.97. The Morgan fingerprint density at radius 2 is 2.12 bits per heavy atom. The maximum absolute atomic E-state index is 11.3. The molecule has 0 aromatic heterocycles. The second-order valence-corrected chi connectivity index (χ2v) is 4.80. The molecule has 0 aromatic rings. The summed E-state index contributed by atoms with van der Waals surface area (Å²) in [6, 6.07) is 0. The molecule has 1 aliphatic carbocycles. The lowest BCUT2D eigenvalue weighted by Crippen LogP contribution is -2.29. The van der Waals surface area contributed by atoms with E-state index in [1.165, 1.54) is 32.1 Å². The van der Waals surface area contributed by atoms with Crippen LogP contribution in [0.1, 0.15) is 46.0 Å². The van der Waals surface area contributed by atoms with Crippen molar-refractivity contribution in [3.8, 4) is 0 Å². The first-order valence-electron chi connectivity index (χ1n) is 6.61. The third-order valence-electron chi connectivity index (χ3n) is 3.34. The standard InChI is InChI=1S/C13H25NO2/c1-3-16-13(15)11(2)10-14-9-8-12-6-4-5-7-12/h11-12,14H,3-10H2,1-2H3. The fourth-order valence-corrected chi connectivity index (χ4v) is 2.29. The minimum absolute atomic E-state index is 0.0245. The van der Waals surface area contributed by atoms with Gasteiger partial charge in [0.15, 0.2) is 0 Å². The molecule has 16 heavy (non-hydrogen) atoms. The van der Waals surface area contributed by atoms with Crippen LogP contribution in [0.15, 0.2) is 0 Å². The van der Waals surface area contributed by atoms with Crippen LogP contribution < -0.4 is 5.32 Å². The van der Waals surface area contributed by atoms with E-state index in [0.717, 1.165) is 19.0 Å². The van der Waals surface area contributed by atoms with E-state index in [1.54, 1.807) is 0 Å². The van der Waals surface area contributed by atoms with Crippen molar-refractivity contribution in [1.82, 2.24) is 5.32 Å².